The van der Waals surface area contributed by atoms with E-state index in [1.807, 2.05) is 25.1 Å². The van der Waals surface area contributed by atoms with Gasteiger partial charge in [-0.05, 0) is 80.2 Å². The fraction of sp³-hybridized carbons (Fsp3) is 0.481. The van der Waals surface area contributed by atoms with Crippen LogP contribution in [0.5, 0.6) is 0 Å². The van der Waals surface area contributed by atoms with Gasteiger partial charge in [0.2, 0.25) is 0 Å². The predicted octanol–water partition coefficient (Wildman–Crippen LogP) is 4.99. The quantitative estimate of drug-likeness (QED) is 0.603. The summed E-state index contributed by atoms with van der Waals surface area (Å²) in [7, 11) is 0. The molecule has 3 fully saturated rings. The molecule has 2 bridgehead atoms. The zero-order chi connectivity index (χ0) is 23.0. The lowest BCUT2D eigenvalue weighted by Gasteiger charge is -2.48. The molecule has 33 heavy (non-hydrogen) atoms. The third-order valence-electron chi connectivity index (χ3n) is 7.81. The minimum absolute atomic E-state index is 0.0677. The maximum absolute atomic E-state index is 13.7. The Morgan fingerprint density at radius 3 is 2.39 bits per heavy atom. The molecule has 0 aromatic heterocycles. The van der Waals surface area contributed by atoms with E-state index in [-0.39, 0.29) is 23.1 Å². The number of Topliss-reactive ketones (excluding diaryl/α,β-unsaturated/α-hetero) is 1. The van der Waals surface area contributed by atoms with Gasteiger partial charge in [0.05, 0.1) is 12.6 Å². The highest BCUT2D eigenvalue weighted by Gasteiger charge is 2.41. The lowest BCUT2D eigenvalue weighted by molar-refractivity contribution is -0.0300. The number of fused-ring (bicyclic) bond motifs is 4. The van der Waals surface area contributed by atoms with Crippen LogP contribution in [0.1, 0.15) is 65.7 Å². The topological polar surface area (TPSA) is 49.9 Å². The SMILES string of the molecule is CCC(=O)c1ccc2c(c1)[C@@H](c1ccc(F)cc1)N(C(=O)OCC13CCN(CC1)CC3)CC2. The van der Waals surface area contributed by atoms with Crippen LogP contribution in [0.3, 0.4) is 0 Å². The molecular formula is C27H31FN2O3. The van der Waals surface area contributed by atoms with Gasteiger partial charge in [-0.15, -0.1) is 0 Å². The molecule has 1 amide bonds. The van der Waals surface area contributed by atoms with Gasteiger partial charge in [0.25, 0.3) is 0 Å². The number of nitrogens with zero attached hydrogens (tertiary/aromatic N) is 2. The van der Waals surface area contributed by atoms with Crippen molar-refractivity contribution in [2.24, 2.45) is 5.41 Å². The normalized spacial score (nSPS) is 26.1. The van der Waals surface area contributed by atoms with E-state index in [2.05, 4.69) is 4.90 Å². The second kappa shape index (κ2) is 8.90. The van der Waals surface area contributed by atoms with Gasteiger partial charge in [-0.2, -0.15) is 0 Å². The van der Waals surface area contributed by atoms with Crippen LogP contribution in [0.25, 0.3) is 0 Å². The standard InChI is InChI=1S/C27H31FN2O3/c1-2-24(31)21-4-3-19-9-13-30(25(23(19)17-21)20-5-7-22(28)8-6-20)26(32)33-18-27-10-14-29(15-11-27)16-12-27/h3-8,17,25H,2,9-16,18H2,1H3/t25-/m1/s1. The maximum Gasteiger partial charge on any atom is 0.410 e. The summed E-state index contributed by atoms with van der Waals surface area (Å²) in [6.07, 6.45) is 4.02. The first-order chi connectivity index (χ1) is 16.0. The van der Waals surface area contributed by atoms with Crippen molar-refractivity contribution in [3.63, 3.8) is 0 Å². The van der Waals surface area contributed by atoms with E-state index in [1.165, 1.54) is 12.1 Å². The Bertz CT molecular complexity index is 1030. The zero-order valence-corrected chi connectivity index (χ0v) is 19.2. The summed E-state index contributed by atoms with van der Waals surface area (Å²) in [4.78, 5) is 30.0. The van der Waals surface area contributed by atoms with Crippen molar-refractivity contribution in [2.45, 2.75) is 45.1 Å². The van der Waals surface area contributed by atoms with Crippen molar-refractivity contribution in [1.29, 1.82) is 0 Å². The Morgan fingerprint density at radius 2 is 1.73 bits per heavy atom. The Balaban J connectivity index is 1.44. The summed E-state index contributed by atoms with van der Waals surface area (Å²) < 4.78 is 19.6. The van der Waals surface area contributed by atoms with E-state index < -0.39 is 6.04 Å². The summed E-state index contributed by atoms with van der Waals surface area (Å²) in [6.45, 7) is 6.07. The number of hydrogen-bond donors (Lipinski definition) is 0. The number of carbonyl (C=O) groups is 2. The van der Waals surface area contributed by atoms with Crippen LogP contribution >= 0.6 is 0 Å². The number of benzene rings is 2. The molecular weight excluding hydrogens is 419 g/mol. The van der Waals surface area contributed by atoms with Crippen molar-refractivity contribution >= 4 is 11.9 Å². The fourth-order valence-corrected chi connectivity index (χ4v) is 5.60. The van der Waals surface area contributed by atoms with Crippen molar-refractivity contribution in [3.8, 4) is 0 Å². The van der Waals surface area contributed by atoms with E-state index in [0.717, 1.165) is 55.6 Å². The van der Waals surface area contributed by atoms with E-state index in [1.54, 1.807) is 17.0 Å². The highest BCUT2D eigenvalue weighted by Crippen LogP contribution is 2.41. The van der Waals surface area contributed by atoms with Crippen LogP contribution in [0.15, 0.2) is 42.5 Å². The predicted molar refractivity (Wildman–Crippen MR) is 124 cm³/mol. The minimum atomic E-state index is -0.405. The van der Waals surface area contributed by atoms with Gasteiger partial charge in [0, 0.05) is 23.9 Å². The molecule has 1 atom stereocenters. The van der Waals surface area contributed by atoms with Gasteiger partial charge in [-0.25, -0.2) is 9.18 Å². The molecule has 4 heterocycles. The number of ketones is 1. The van der Waals surface area contributed by atoms with E-state index >= 15 is 0 Å². The molecule has 174 valence electrons. The molecule has 0 saturated carbocycles. The number of amides is 1. The number of halogens is 1. The number of rotatable bonds is 5. The van der Waals surface area contributed by atoms with E-state index in [9.17, 15) is 14.0 Å². The lowest BCUT2D eigenvalue weighted by Crippen LogP contribution is -2.51. The molecule has 0 unspecified atom stereocenters. The first kappa shape index (κ1) is 22.1. The summed E-state index contributed by atoms with van der Waals surface area (Å²) in [5.74, 6) is -0.250. The minimum Gasteiger partial charge on any atom is -0.449 e. The van der Waals surface area contributed by atoms with Crippen LogP contribution in [0.4, 0.5) is 9.18 Å². The van der Waals surface area contributed by atoms with Gasteiger partial charge < -0.3 is 9.64 Å². The Hall–Kier alpha value is -2.73. The zero-order valence-electron chi connectivity index (χ0n) is 19.2. The van der Waals surface area contributed by atoms with Gasteiger partial charge >= 0.3 is 6.09 Å². The second-order valence-corrected chi connectivity index (χ2v) is 9.73. The molecule has 4 aliphatic rings. The smallest absolute Gasteiger partial charge is 0.410 e. The van der Waals surface area contributed by atoms with Crippen LogP contribution in [0.2, 0.25) is 0 Å². The fourth-order valence-electron chi connectivity index (χ4n) is 5.60. The Labute approximate surface area is 194 Å². The Morgan fingerprint density at radius 1 is 1.03 bits per heavy atom. The summed E-state index contributed by atoms with van der Waals surface area (Å²) in [6, 6.07) is 11.6. The average molecular weight is 451 g/mol. The highest BCUT2D eigenvalue weighted by molar-refractivity contribution is 5.96. The van der Waals surface area contributed by atoms with Crippen molar-refractivity contribution in [1.82, 2.24) is 9.80 Å². The van der Waals surface area contributed by atoms with E-state index in [4.69, 9.17) is 4.74 Å². The van der Waals surface area contributed by atoms with Crippen LogP contribution in [-0.4, -0.2) is 54.5 Å². The Kier molecular flexibility index (Phi) is 5.95. The monoisotopic (exact) mass is 450 g/mol. The molecule has 0 N–H and O–H groups in total. The van der Waals surface area contributed by atoms with Gasteiger partial charge in [0.15, 0.2) is 5.78 Å². The molecule has 2 aromatic rings. The molecule has 2 aromatic carbocycles. The average Bonchev–Trinajstić information content (AvgIpc) is 2.87. The first-order valence-electron chi connectivity index (χ1n) is 12.1. The number of ether oxygens (including phenoxy) is 1. The number of carbonyl (C=O) groups excluding carboxylic acids is 2. The molecule has 0 spiro atoms. The van der Waals surface area contributed by atoms with Gasteiger partial charge in [-0.1, -0.05) is 31.2 Å². The largest absolute Gasteiger partial charge is 0.449 e. The van der Waals surface area contributed by atoms with Crippen LogP contribution < -0.4 is 0 Å². The summed E-state index contributed by atoms with van der Waals surface area (Å²) in [5.41, 5.74) is 3.60. The lowest BCUT2D eigenvalue weighted by atomic mass is 9.73. The molecule has 0 aliphatic carbocycles. The molecule has 3 saturated heterocycles. The second-order valence-electron chi connectivity index (χ2n) is 9.73. The molecule has 0 radical (unpaired) electrons. The maximum atomic E-state index is 13.7. The summed E-state index contributed by atoms with van der Waals surface area (Å²) in [5, 5.41) is 0. The van der Waals surface area contributed by atoms with Gasteiger partial charge in [-0.3, -0.25) is 9.69 Å². The van der Waals surface area contributed by atoms with Gasteiger partial charge in [0.1, 0.15) is 5.82 Å². The molecule has 6 heteroatoms. The van der Waals surface area contributed by atoms with Crippen LogP contribution in [0, 0.1) is 11.2 Å². The number of hydrogen-bond acceptors (Lipinski definition) is 4. The van der Waals surface area contributed by atoms with Crippen LogP contribution in [-0.2, 0) is 11.2 Å². The molecule has 5 nitrogen and oxygen atoms in total. The van der Waals surface area contributed by atoms with E-state index in [0.29, 0.717) is 31.6 Å². The van der Waals surface area contributed by atoms with Crippen molar-refractivity contribution in [3.05, 3.63) is 70.5 Å². The summed E-state index contributed by atoms with van der Waals surface area (Å²) >= 11 is 0. The third-order valence-corrected chi connectivity index (χ3v) is 7.81. The van der Waals surface area contributed by atoms with Crippen molar-refractivity contribution < 1.29 is 18.7 Å². The third kappa shape index (κ3) is 4.29. The molecule has 6 rings (SSSR count). The number of piperidine rings is 3. The first-order valence-corrected chi connectivity index (χ1v) is 12.1. The molecule has 4 aliphatic heterocycles. The highest BCUT2D eigenvalue weighted by atomic mass is 19.1. The van der Waals surface area contributed by atoms with Crippen molar-refractivity contribution in [2.75, 3.05) is 32.8 Å².